The molecule has 8 heavy (non-hydrogen) atoms. The van der Waals surface area contributed by atoms with E-state index in [0.717, 1.165) is 0 Å². The number of hydrogen-bond donors (Lipinski definition) is 0. The van der Waals surface area contributed by atoms with Crippen molar-refractivity contribution in [3.63, 3.8) is 0 Å². The molecule has 1 aromatic carbocycles. The molecule has 0 aromatic heterocycles. The van der Waals surface area contributed by atoms with E-state index in [9.17, 15) is 0 Å². The molecule has 0 spiro atoms. The second kappa shape index (κ2) is 6.84. The Morgan fingerprint density at radius 2 is 1.38 bits per heavy atom. The quantitative estimate of drug-likeness (QED) is 0.436. The Balaban J connectivity index is 0. The van der Waals surface area contributed by atoms with Gasteiger partial charge in [0.15, 0.2) is 0 Å². The number of benzene rings is 1. The van der Waals surface area contributed by atoms with Gasteiger partial charge < -0.3 is 7.43 Å². The van der Waals surface area contributed by atoms with Crippen LogP contribution in [0.4, 0.5) is 0 Å². The molecule has 0 aliphatic carbocycles. The standard InChI is InChI=1S/C6H5.CH3.Ru/c1-2-4-6-5-3-1;;/h1-5H;1H3;/q2*-1;+2. The summed E-state index contributed by atoms with van der Waals surface area (Å²) in [6.07, 6.45) is 0. The van der Waals surface area contributed by atoms with Gasteiger partial charge in [-0.25, -0.2) is 0 Å². The van der Waals surface area contributed by atoms with E-state index in [1.807, 2.05) is 30.3 Å². The van der Waals surface area contributed by atoms with E-state index in [0.29, 0.717) is 0 Å². The average molecular weight is 193 g/mol. The summed E-state index contributed by atoms with van der Waals surface area (Å²) in [5.41, 5.74) is 0. The second-order valence-corrected chi connectivity index (χ2v) is 1.08. The molecule has 1 rings (SSSR count). The van der Waals surface area contributed by atoms with Gasteiger partial charge in [0, 0.05) is 0 Å². The van der Waals surface area contributed by atoms with Crippen molar-refractivity contribution in [3.05, 3.63) is 43.8 Å². The summed E-state index contributed by atoms with van der Waals surface area (Å²) in [6.45, 7) is 0. The first kappa shape index (κ1) is 10.8. The van der Waals surface area contributed by atoms with Crippen LogP contribution in [-0.4, -0.2) is 0 Å². The minimum atomic E-state index is 0. The number of hydrogen-bond acceptors (Lipinski definition) is 0. The summed E-state index contributed by atoms with van der Waals surface area (Å²) in [7, 11) is 0. The molecule has 0 unspecified atom stereocenters. The molecule has 0 saturated carbocycles. The van der Waals surface area contributed by atoms with Crippen LogP contribution in [0.25, 0.3) is 0 Å². The van der Waals surface area contributed by atoms with Crippen LogP contribution in [-0.2, 0) is 19.5 Å². The summed E-state index contributed by atoms with van der Waals surface area (Å²) in [5.74, 6) is 0. The maximum atomic E-state index is 2.89. The molecule has 0 atom stereocenters. The molecule has 0 radical (unpaired) electrons. The first-order chi connectivity index (χ1) is 3.00. The molecule has 0 fully saturated rings. The van der Waals surface area contributed by atoms with Gasteiger partial charge in [0.2, 0.25) is 0 Å². The fourth-order valence-electron chi connectivity index (χ4n) is 0.342. The van der Waals surface area contributed by atoms with Gasteiger partial charge in [-0.15, -0.1) is 0 Å². The van der Waals surface area contributed by atoms with Gasteiger partial charge in [-0.1, -0.05) is 0 Å². The third-order valence-electron chi connectivity index (χ3n) is 0.607. The molecule has 0 heterocycles. The fraction of sp³-hybridized carbons (Fsp3) is 0. The molecule has 0 saturated heterocycles. The monoisotopic (exact) mass is 194 g/mol. The van der Waals surface area contributed by atoms with Gasteiger partial charge in [0.1, 0.15) is 0 Å². The van der Waals surface area contributed by atoms with Gasteiger partial charge in [-0.05, 0) is 0 Å². The first-order valence-electron chi connectivity index (χ1n) is 1.91. The Kier molecular flexibility index (Phi) is 9.20. The van der Waals surface area contributed by atoms with Gasteiger partial charge in [0.05, 0.1) is 0 Å². The molecule has 1 heteroatoms. The SMILES string of the molecule is [CH3-].[Ru+2].[c-]1ccccc1. The van der Waals surface area contributed by atoms with Crippen molar-refractivity contribution in [1.29, 1.82) is 0 Å². The first-order valence-corrected chi connectivity index (χ1v) is 1.91. The van der Waals surface area contributed by atoms with Crippen molar-refractivity contribution in [3.8, 4) is 0 Å². The van der Waals surface area contributed by atoms with Crippen molar-refractivity contribution < 1.29 is 19.5 Å². The van der Waals surface area contributed by atoms with Crippen molar-refractivity contribution in [2.24, 2.45) is 0 Å². The zero-order valence-electron chi connectivity index (χ0n) is 4.74. The summed E-state index contributed by atoms with van der Waals surface area (Å²) < 4.78 is 0. The second-order valence-electron chi connectivity index (χ2n) is 1.08. The molecule has 0 aliphatic rings. The van der Waals surface area contributed by atoms with E-state index in [2.05, 4.69) is 6.07 Å². The van der Waals surface area contributed by atoms with Crippen LogP contribution in [0.2, 0.25) is 0 Å². The third kappa shape index (κ3) is 4.01. The maximum absolute atomic E-state index is 2.89. The smallest absolute Gasteiger partial charge is 0.358 e. The summed E-state index contributed by atoms with van der Waals surface area (Å²) in [4.78, 5) is 0. The van der Waals surface area contributed by atoms with Crippen molar-refractivity contribution in [2.75, 3.05) is 0 Å². The predicted molar refractivity (Wildman–Crippen MR) is 31.7 cm³/mol. The molecule has 0 aliphatic heterocycles. The van der Waals surface area contributed by atoms with E-state index < -0.39 is 0 Å². The van der Waals surface area contributed by atoms with Gasteiger partial charge in [-0.3, -0.25) is 0 Å². The molecule has 0 bridgehead atoms. The van der Waals surface area contributed by atoms with Crippen molar-refractivity contribution >= 4 is 0 Å². The molecule has 0 N–H and O–H groups in total. The minimum Gasteiger partial charge on any atom is -0.358 e. The summed E-state index contributed by atoms with van der Waals surface area (Å²) in [5, 5.41) is 0. The molecule has 0 amide bonds. The minimum absolute atomic E-state index is 0. The maximum Gasteiger partial charge on any atom is 2.00 e. The van der Waals surface area contributed by atoms with Crippen LogP contribution in [0.15, 0.2) is 30.3 Å². The molecular weight excluding hydrogens is 185 g/mol. The zero-order chi connectivity index (χ0) is 4.24. The Hall–Kier alpha value is -0.157. The molecule has 44 valence electrons. The van der Waals surface area contributed by atoms with E-state index in [1.54, 1.807) is 0 Å². The average Bonchev–Trinajstić information content (AvgIpc) is 1.72. The third-order valence-corrected chi connectivity index (χ3v) is 0.607. The Bertz CT molecular complexity index is 76.3. The normalized spacial score (nSPS) is 6.00. The molecule has 0 nitrogen and oxygen atoms in total. The van der Waals surface area contributed by atoms with Gasteiger partial charge in [-0.2, -0.15) is 36.4 Å². The van der Waals surface area contributed by atoms with E-state index in [-0.39, 0.29) is 26.9 Å². The van der Waals surface area contributed by atoms with Crippen molar-refractivity contribution in [2.45, 2.75) is 0 Å². The fourth-order valence-corrected chi connectivity index (χ4v) is 0.342. The predicted octanol–water partition coefficient (Wildman–Crippen LogP) is 1.93. The van der Waals surface area contributed by atoms with E-state index in [4.69, 9.17) is 0 Å². The Morgan fingerprint density at radius 1 is 0.875 bits per heavy atom. The topological polar surface area (TPSA) is 0 Å². The number of rotatable bonds is 0. The van der Waals surface area contributed by atoms with Crippen LogP contribution in [0.1, 0.15) is 0 Å². The van der Waals surface area contributed by atoms with Crippen LogP contribution < -0.4 is 0 Å². The zero-order valence-corrected chi connectivity index (χ0v) is 6.48. The van der Waals surface area contributed by atoms with Crippen LogP contribution in [0.5, 0.6) is 0 Å². The summed E-state index contributed by atoms with van der Waals surface area (Å²) >= 11 is 0. The summed E-state index contributed by atoms with van der Waals surface area (Å²) in [6, 6.07) is 12.5. The van der Waals surface area contributed by atoms with Crippen molar-refractivity contribution in [1.82, 2.24) is 0 Å². The van der Waals surface area contributed by atoms with E-state index >= 15 is 0 Å². The van der Waals surface area contributed by atoms with Crippen LogP contribution in [0.3, 0.4) is 0 Å². The van der Waals surface area contributed by atoms with Gasteiger partial charge >= 0.3 is 19.5 Å². The largest absolute Gasteiger partial charge is 2.00 e. The Labute approximate surface area is 63.7 Å². The Morgan fingerprint density at radius 3 is 1.50 bits per heavy atom. The molecular formula is C7H8Ru. The molecule has 1 aromatic rings. The van der Waals surface area contributed by atoms with Crippen LogP contribution in [0, 0.1) is 13.5 Å². The van der Waals surface area contributed by atoms with E-state index in [1.165, 1.54) is 0 Å². The van der Waals surface area contributed by atoms with Crippen LogP contribution >= 0.6 is 0 Å². The van der Waals surface area contributed by atoms with Gasteiger partial charge in [0.25, 0.3) is 0 Å².